The van der Waals surface area contributed by atoms with E-state index in [9.17, 15) is 22.4 Å². The van der Waals surface area contributed by atoms with Crippen LogP contribution in [0.1, 0.15) is 44.7 Å². The average Bonchev–Trinajstić information content (AvgIpc) is 2.79. The number of benzene rings is 2. The fourth-order valence-corrected chi connectivity index (χ4v) is 4.53. The standard InChI is InChI=1S/C26H36FN3O4S/c1-19(2)17-28-26(32)21(4)29(18-22-9-6-7-10-24(22)27)25(31)11-8-16-30(35(5,33)34)23-14-12-20(3)13-15-23/h6-7,9-10,12-15,19,21H,8,11,16-18H2,1-5H3,(H,28,32)/t21-/m0/s1. The average molecular weight is 506 g/mol. The Balaban J connectivity index is 2.16. The summed E-state index contributed by atoms with van der Waals surface area (Å²) in [6.07, 6.45) is 1.38. The molecule has 0 saturated carbocycles. The molecule has 7 nitrogen and oxygen atoms in total. The molecule has 0 radical (unpaired) electrons. The topological polar surface area (TPSA) is 86.8 Å². The number of rotatable bonds is 12. The van der Waals surface area contributed by atoms with Gasteiger partial charge in [-0.25, -0.2) is 12.8 Å². The van der Waals surface area contributed by atoms with Crippen LogP contribution in [-0.4, -0.2) is 50.5 Å². The number of anilines is 1. The van der Waals surface area contributed by atoms with Crippen LogP contribution in [-0.2, 0) is 26.2 Å². The van der Waals surface area contributed by atoms with Crippen molar-refractivity contribution in [1.82, 2.24) is 10.2 Å². The zero-order valence-corrected chi connectivity index (χ0v) is 21.9. The van der Waals surface area contributed by atoms with Crippen molar-refractivity contribution in [3.8, 4) is 0 Å². The van der Waals surface area contributed by atoms with Gasteiger partial charge < -0.3 is 10.2 Å². The molecule has 0 saturated heterocycles. The molecule has 2 amide bonds. The van der Waals surface area contributed by atoms with Gasteiger partial charge in [-0.3, -0.25) is 13.9 Å². The molecule has 0 aromatic heterocycles. The Morgan fingerprint density at radius 1 is 1.03 bits per heavy atom. The first-order valence-electron chi connectivity index (χ1n) is 11.7. The number of nitrogens with zero attached hydrogens (tertiary/aromatic N) is 2. The van der Waals surface area contributed by atoms with Crippen LogP contribution in [0.15, 0.2) is 48.5 Å². The van der Waals surface area contributed by atoms with Crippen LogP contribution in [0.3, 0.4) is 0 Å². The van der Waals surface area contributed by atoms with E-state index in [0.29, 0.717) is 17.8 Å². The molecule has 0 aliphatic rings. The molecule has 0 spiro atoms. The largest absolute Gasteiger partial charge is 0.354 e. The Labute approximate surface area is 208 Å². The summed E-state index contributed by atoms with van der Waals surface area (Å²) in [5.41, 5.74) is 1.84. The maximum absolute atomic E-state index is 14.3. The van der Waals surface area contributed by atoms with E-state index in [-0.39, 0.29) is 43.7 Å². The van der Waals surface area contributed by atoms with Crippen molar-refractivity contribution < 1.29 is 22.4 Å². The van der Waals surface area contributed by atoms with Gasteiger partial charge in [0.15, 0.2) is 0 Å². The van der Waals surface area contributed by atoms with Crippen LogP contribution in [0.2, 0.25) is 0 Å². The molecular formula is C26H36FN3O4S. The molecule has 9 heteroatoms. The lowest BCUT2D eigenvalue weighted by Crippen LogP contribution is -2.48. The minimum absolute atomic E-state index is 0.00807. The fourth-order valence-electron chi connectivity index (χ4n) is 3.56. The fraction of sp³-hybridized carbons (Fsp3) is 0.462. The highest BCUT2D eigenvalue weighted by atomic mass is 32.2. The highest BCUT2D eigenvalue weighted by molar-refractivity contribution is 7.92. The van der Waals surface area contributed by atoms with Gasteiger partial charge in [0.25, 0.3) is 0 Å². The molecule has 1 atom stereocenters. The first kappa shape index (κ1) is 28.3. The van der Waals surface area contributed by atoms with E-state index in [4.69, 9.17) is 0 Å². The zero-order chi connectivity index (χ0) is 26.2. The predicted octanol–water partition coefficient (Wildman–Crippen LogP) is 3.87. The molecule has 0 bridgehead atoms. The van der Waals surface area contributed by atoms with Gasteiger partial charge in [-0.15, -0.1) is 0 Å². The van der Waals surface area contributed by atoms with E-state index in [1.54, 1.807) is 37.3 Å². The molecule has 2 rings (SSSR count). The van der Waals surface area contributed by atoms with E-state index in [1.807, 2.05) is 32.9 Å². The molecule has 0 unspecified atom stereocenters. The van der Waals surface area contributed by atoms with Gasteiger partial charge in [-0.1, -0.05) is 49.7 Å². The second-order valence-electron chi connectivity index (χ2n) is 9.20. The number of hydrogen-bond acceptors (Lipinski definition) is 4. The first-order chi connectivity index (χ1) is 16.4. The van der Waals surface area contributed by atoms with Gasteiger partial charge in [-0.2, -0.15) is 0 Å². The summed E-state index contributed by atoms with van der Waals surface area (Å²) >= 11 is 0. The molecule has 1 N–H and O–H groups in total. The Kier molecular flexibility index (Phi) is 10.2. The van der Waals surface area contributed by atoms with Crippen molar-refractivity contribution in [2.75, 3.05) is 23.7 Å². The lowest BCUT2D eigenvalue weighted by Gasteiger charge is -2.29. The van der Waals surface area contributed by atoms with Crippen molar-refractivity contribution in [1.29, 1.82) is 0 Å². The number of carbonyl (C=O) groups excluding carboxylic acids is 2. The summed E-state index contributed by atoms with van der Waals surface area (Å²) in [6.45, 7) is 7.97. The van der Waals surface area contributed by atoms with Gasteiger partial charge >= 0.3 is 0 Å². The molecule has 0 fully saturated rings. The molecule has 192 valence electrons. The molecule has 2 aromatic rings. The van der Waals surface area contributed by atoms with Crippen molar-refractivity contribution >= 4 is 27.5 Å². The smallest absolute Gasteiger partial charge is 0.242 e. The Hall–Kier alpha value is -2.94. The molecule has 2 aromatic carbocycles. The van der Waals surface area contributed by atoms with E-state index >= 15 is 0 Å². The van der Waals surface area contributed by atoms with E-state index in [2.05, 4.69) is 5.32 Å². The molecule has 0 heterocycles. The zero-order valence-electron chi connectivity index (χ0n) is 21.1. The number of hydrogen-bond donors (Lipinski definition) is 1. The summed E-state index contributed by atoms with van der Waals surface area (Å²) < 4.78 is 40.3. The maximum atomic E-state index is 14.3. The highest BCUT2D eigenvalue weighted by Gasteiger charge is 2.27. The molecule has 35 heavy (non-hydrogen) atoms. The van der Waals surface area contributed by atoms with Crippen LogP contribution < -0.4 is 9.62 Å². The van der Waals surface area contributed by atoms with Crippen LogP contribution >= 0.6 is 0 Å². The van der Waals surface area contributed by atoms with Crippen LogP contribution in [0.5, 0.6) is 0 Å². The summed E-state index contributed by atoms with van der Waals surface area (Å²) in [6, 6.07) is 12.4. The third kappa shape index (κ3) is 8.65. The highest BCUT2D eigenvalue weighted by Crippen LogP contribution is 2.20. The van der Waals surface area contributed by atoms with Gasteiger partial charge in [-0.05, 0) is 44.4 Å². The van der Waals surface area contributed by atoms with E-state index < -0.39 is 21.9 Å². The predicted molar refractivity (Wildman–Crippen MR) is 137 cm³/mol. The van der Waals surface area contributed by atoms with Gasteiger partial charge in [0, 0.05) is 31.6 Å². The second kappa shape index (κ2) is 12.7. The molecular weight excluding hydrogens is 469 g/mol. The minimum Gasteiger partial charge on any atom is -0.354 e. The van der Waals surface area contributed by atoms with Crippen LogP contribution in [0.4, 0.5) is 10.1 Å². The normalized spacial score (nSPS) is 12.3. The third-order valence-electron chi connectivity index (χ3n) is 5.62. The van der Waals surface area contributed by atoms with Crippen molar-refractivity contribution in [3.05, 3.63) is 65.5 Å². The van der Waals surface area contributed by atoms with Crippen molar-refractivity contribution in [3.63, 3.8) is 0 Å². The Bertz CT molecular complexity index is 1100. The number of aryl methyl sites for hydroxylation is 1. The van der Waals surface area contributed by atoms with Crippen LogP contribution in [0.25, 0.3) is 0 Å². The Morgan fingerprint density at radius 3 is 2.23 bits per heavy atom. The lowest BCUT2D eigenvalue weighted by molar-refractivity contribution is -0.140. The van der Waals surface area contributed by atoms with Gasteiger partial charge in [0.2, 0.25) is 21.8 Å². The minimum atomic E-state index is -3.55. The third-order valence-corrected chi connectivity index (χ3v) is 6.82. The number of amides is 2. The maximum Gasteiger partial charge on any atom is 0.242 e. The lowest BCUT2D eigenvalue weighted by atomic mass is 10.1. The summed E-state index contributed by atoms with van der Waals surface area (Å²) in [7, 11) is -3.55. The van der Waals surface area contributed by atoms with Gasteiger partial charge in [0.05, 0.1) is 11.9 Å². The Morgan fingerprint density at radius 2 is 1.66 bits per heavy atom. The quantitative estimate of drug-likeness (QED) is 0.475. The monoisotopic (exact) mass is 505 g/mol. The van der Waals surface area contributed by atoms with Crippen LogP contribution in [0, 0.1) is 18.7 Å². The summed E-state index contributed by atoms with van der Waals surface area (Å²) in [5.74, 6) is -0.882. The summed E-state index contributed by atoms with van der Waals surface area (Å²) in [5, 5.41) is 2.82. The van der Waals surface area contributed by atoms with Crippen molar-refractivity contribution in [2.45, 2.75) is 53.1 Å². The van der Waals surface area contributed by atoms with Gasteiger partial charge in [0.1, 0.15) is 11.9 Å². The molecule has 0 aliphatic carbocycles. The second-order valence-corrected chi connectivity index (χ2v) is 11.1. The first-order valence-corrected chi connectivity index (χ1v) is 13.6. The summed E-state index contributed by atoms with van der Waals surface area (Å²) in [4.78, 5) is 27.3. The number of nitrogens with one attached hydrogen (secondary N) is 1. The van der Waals surface area contributed by atoms with E-state index in [1.165, 1.54) is 15.3 Å². The van der Waals surface area contributed by atoms with Crippen molar-refractivity contribution in [2.24, 2.45) is 5.92 Å². The number of sulfonamides is 1. The number of carbonyl (C=O) groups is 2. The number of halogens is 1. The van der Waals surface area contributed by atoms with E-state index in [0.717, 1.165) is 11.8 Å². The molecule has 0 aliphatic heterocycles. The SMILES string of the molecule is Cc1ccc(N(CCCC(=O)N(Cc2ccccc2F)[C@@H](C)C(=O)NCC(C)C)S(C)(=O)=O)cc1.